The Bertz CT molecular complexity index is 501. The van der Waals surface area contributed by atoms with Crippen LogP contribution in [-0.2, 0) is 4.79 Å². The molecule has 0 saturated heterocycles. The van der Waals surface area contributed by atoms with Crippen LogP contribution in [0.1, 0.15) is 37.0 Å². The summed E-state index contributed by atoms with van der Waals surface area (Å²) in [5.41, 5.74) is 0.292. The molecular weight excluding hydrogens is 274 g/mol. The smallest absolute Gasteiger partial charge is 0.325 e. The lowest BCUT2D eigenvalue weighted by Gasteiger charge is -2.14. The van der Waals surface area contributed by atoms with Crippen LogP contribution in [0.3, 0.4) is 0 Å². The topological polar surface area (TPSA) is 84.9 Å². The molecule has 0 aliphatic rings. The number of methoxy groups -OCH3 is 1. The number of carbonyl (C=O) groups excluding carboxylic acids is 1. The van der Waals surface area contributed by atoms with Gasteiger partial charge < -0.3 is 19.9 Å². The van der Waals surface area contributed by atoms with Crippen LogP contribution in [0.15, 0.2) is 18.2 Å². The van der Waals surface area contributed by atoms with Gasteiger partial charge >= 0.3 is 5.97 Å². The Hall–Kier alpha value is -2.24. The van der Waals surface area contributed by atoms with Gasteiger partial charge in [-0.3, -0.25) is 9.59 Å². The molecule has 0 aromatic heterocycles. The second kappa shape index (κ2) is 8.14. The molecule has 1 aromatic rings. The SMILES string of the molecule is CCCCOc1cc(OC)ccc1C(=O)NC(C)C(=O)O. The Morgan fingerprint density at radius 2 is 2.10 bits per heavy atom. The second-order valence-corrected chi connectivity index (χ2v) is 4.60. The van der Waals surface area contributed by atoms with Crippen molar-refractivity contribution >= 4 is 11.9 Å². The molecule has 1 unspecified atom stereocenters. The first-order valence-corrected chi connectivity index (χ1v) is 6.84. The highest BCUT2D eigenvalue weighted by Gasteiger charge is 2.19. The van der Waals surface area contributed by atoms with Crippen molar-refractivity contribution in [1.82, 2.24) is 5.32 Å². The van der Waals surface area contributed by atoms with E-state index in [1.54, 1.807) is 18.2 Å². The van der Waals surface area contributed by atoms with E-state index < -0.39 is 17.9 Å². The molecule has 1 aromatic carbocycles. The van der Waals surface area contributed by atoms with Crippen LogP contribution in [0.5, 0.6) is 11.5 Å². The van der Waals surface area contributed by atoms with E-state index in [9.17, 15) is 9.59 Å². The lowest BCUT2D eigenvalue weighted by atomic mass is 10.1. The predicted molar refractivity (Wildman–Crippen MR) is 78.0 cm³/mol. The molecule has 0 spiro atoms. The number of amides is 1. The van der Waals surface area contributed by atoms with Crippen molar-refractivity contribution in [1.29, 1.82) is 0 Å². The van der Waals surface area contributed by atoms with E-state index in [1.165, 1.54) is 14.0 Å². The summed E-state index contributed by atoms with van der Waals surface area (Å²) in [5.74, 6) is -0.619. The van der Waals surface area contributed by atoms with Crippen LogP contribution in [0.25, 0.3) is 0 Å². The van der Waals surface area contributed by atoms with Gasteiger partial charge in [0.05, 0.1) is 19.3 Å². The van der Waals surface area contributed by atoms with Gasteiger partial charge in [-0.15, -0.1) is 0 Å². The molecule has 116 valence electrons. The van der Waals surface area contributed by atoms with Gasteiger partial charge in [0.25, 0.3) is 5.91 Å². The maximum atomic E-state index is 12.1. The van der Waals surface area contributed by atoms with Crippen LogP contribution >= 0.6 is 0 Å². The van der Waals surface area contributed by atoms with Crippen molar-refractivity contribution in [2.24, 2.45) is 0 Å². The van der Waals surface area contributed by atoms with Gasteiger partial charge in [0.2, 0.25) is 0 Å². The van der Waals surface area contributed by atoms with Crippen LogP contribution in [0, 0.1) is 0 Å². The molecule has 0 saturated carbocycles. The monoisotopic (exact) mass is 295 g/mol. The molecule has 1 atom stereocenters. The highest BCUT2D eigenvalue weighted by Crippen LogP contribution is 2.25. The Labute approximate surface area is 124 Å². The lowest BCUT2D eigenvalue weighted by molar-refractivity contribution is -0.138. The molecule has 1 rings (SSSR count). The van der Waals surface area contributed by atoms with E-state index in [4.69, 9.17) is 14.6 Å². The number of hydrogen-bond donors (Lipinski definition) is 2. The molecule has 21 heavy (non-hydrogen) atoms. The van der Waals surface area contributed by atoms with Crippen molar-refractivity contribution in [2.45, 2.75) is 32.7 Å². The molecule has 2 N–H and O–H groups in total. The van der Waals surface area contributed by atoms with Gasteiger partial charge in [-0.2, -0.15) is 0 Å². The summed E-state index contributed by atoms with van der Waals surface area (Å²) in [6, 6.07) is 3.84. The third kappa shape index (κ3) is 4.98. The molecule has 0 aliphatic heterocycles. The number of carbonyl (C=O) groups is 2. The van der Waals surface area contributed by atoms with E-state index in [-0.39, 0.29) is 0 Å². The third-order valence-corrected chi connectivity index (χ3v) is 2.91. The molecule has 0 heterocycles. The Kier molecular flexibility index (Phi) is 6.52. The summed E-state index contributed by atoms with van der Waals surface area (Å²) in [4.78, 5) is 22.9. The number of hydrogen-bond acceptors (Lipinski definition) is 4. The van der Waals surface area contributed by atoms with Crippen LogP contribution in [0.2, 0.25) is 0 Å². The van der Waals surface area contributed by atoms with Crippen LogP contribution < -0.4 is 14.8 Å². The number of unbranched alkanes of at least 4 members (excludes halogenated alkanes) is 1. The highest BCUT2D eigenvalue weighted by molar-refractivity contribution is 5.99. The summed E-state index contributed by atoms with van der Waals surface area (Å²) in [6.07, 6.45) is 1.84. The molecule has 0 fully saturated rings. The van der Waals surface area contributed by atoms with Gasteiger partial charge in [0.1, 0.15) is 17.5 Å². The van der Waals surface area contributed by atoms with Gasteiger partial charge in [0, 0.05) is 6.07 Å². The zero-order chi connectivity index (χ0) is 15.8. The minimum atomic E-state index is -1.09. The second-order valence-electron chi connectivity index (χ2n) is 4.60. The molecule has 0 bridgehead atoms. The van der Waals surface area contributed by atoms with E-state index in [0.29, 0.717) is 23.7 Å². The lowest BCUT2D eigenvalue weighted by Crippen LogP contribution is -2.38. The summed E-state index contributed by atoms with van der Waals surface area (Å²) in [5, 5.41) is 11.2. The van der Waals surface area contributed by atoms with E-state index >= 15 is 0 Å². The number of carboxylic acids is 1. The third-order valence-electron chi connectivity index (χ3n) is 2.91. The molecule has 1 amide bonds. The van der Waals surface area contributed by atoms with Gasteiger partial charge in [-0.25, -0.2) is 0 Å². The van der Waals surface area contributed by atoms with Gasteiger partial charge in [-0.05, 0) is 25.5 Å². The maximum absolute atomic E-state index is 12.1. The van der Waals surface area contributed by atoms with Crippen molar-refractivity contribution in [3.8, 4) is 11.5 Å². The zero-order valence-corrected chi connectivity index (χ0v) is 12.5. The fourth-order valence-electron chi connectivity index (χ4n) is 1.60. The zero-order valence-electron chi connectivity index (χ0n) is 12.5. The Morgan fingerprint density at radius 3 is 2.67 bits per heavy atom. The molecule has 6 nitrogen and oxygen atoms in total. The number of carboxylic acid groups (broad SMARTS) is 1. The summed E-state index contributed by atoms with van der Waals surface area (Å²) in [6.45, 7) is 3.93. The van der Waals surface area contributed by atoms with Crippen molar-refractivity contribution in [3.05, 3.63) is 23.8 Å². The minimum Gasteiger partial charge on any atom is -0.497 e. The quantitative estimate of drug-likeness (QED) is 0.717. The summed E-state index contributed by atoms with van der Waals surface area (Å²) >= 11 is 0. The Balaban J connectivity index is 2.92. The maximum Gasteiger partial charge on any atom is 0.325 e. The Morgan fingerprint density at radius 1 is 1.38 bits per heavy atom. The molecule has 0 radical (unpaired) electrons. The van der Waals surface area contributed by atoms with E-state index in [0.717, 1.165) is 12.8 Å². The predicted octanol–water partition coefficient (Wildman–Crippen LogP) is 2.08. The molecule has 6 heteroatoms. The first-order chi connectivity index (χ1) is 9.99. The van der Waals surface area contributed by atoms with Gasteiger partial charge in [0.15, 0.2) is 0 Å². The number of rotatable bonds is 8. The fraction of sp³-hybridized carbons (Fsp3) is 0.467. The standard InChI is InChI=1S/C15H21NO5/c1-4-5-8-21-13-9-11(20-3)6-7-12(13)14(17)16-10(2)15(18)19/h6-7,9-10H,4-5,8H2,1-3H3,(H,16,17)(H,18,19). The van der Waals surface area contributed by atoms with Crippen LogP contribution in [0.4, 0.5) is 0 Å². The molecular formula is C15H21NO5. The minimum absolute atomic E-state index is 0.292. The number of aliphatic carboxylic acids is 1. The summed E-state index contributed by atoms with van der Waals surface area (Å²) in [7, 11) is 1.53. The fourth-order valence-corrected chi connectivity index (χ4v) is 1.60. The van der Waals surface area contributed by atoms with Gasteiger partial charge in [-0.1, -0.05) is 13.3 Å². The normalized spacial score (nSPS) is 11.6. The average molecular weight is 295 g/mol. The van der Waals surface area contributed by atoms with Crippen molar-refractivity contribution in [2.75, 3.05) is 13.7 Å². The molecule has 0 aliphatic carbocycles. The van der Waals surface area contributed by atoms with Crippen molar-refractivity contribution < 1.29 is 24.2 Å². The van der Waals surface area contributed by atoms with E-state index in [1.807, 2.05) is 6.92 Å². The number of benzene rings is 1. The van der Waals surface area contributed by atoms with E-state index in [2.05, 4.69) is 5.32 Å². The largest absolute Gasteiger partial charge is 0.497 e. The van der Waals surface area contributed by atoms with Crippen molar-refractivity contribution in [3.63, 3.8) is 0 Å². The summed E-state index contributed by atoms with van der Waals surface area (Å²) < 4.78 is 10.7. The average Bonchev–Trinajstić information content (AvgIpc) is 2.47. The first kappa shape index (κ1) is 16.8. The highest BCUT2D eigenvalue weighted by atomic mass is 16.5. The first-order valence-electron chi connectivity index (χ1n) is 6.84. The number of ether oxygens (including phenoxy) is 2. The van der Waals surface area contributed by atoms with Crippen LogP contribution in [-0.4, -0.2) is 36.7 Å². The number of nitrogens with one attached hydrogen (secondary N) is 1.